The Bertz CT molecular complexity index is 811. The molecule has 120 valence electrons. The fraction of sp³-hybridized carbons (Fsp3) is 0.0952. The highest BCUT2D eigenvalue weighted by Crippen LogP contribution is 2.19. The van der Waals surface area contributed by atoms with Crippen LogP contribution >= 0.6 is 0 Å². The standard InChI is InChI=1S/C21H19NO2/c23-15-17-5-4-8-20(13-17)22-21(24)14-16-9-11-19(12-10-16)18-6-2-1-3-7-18/h1-13,23H,14-15H2,(H,22,24). The number of carbonyl (C=O) groups is 1. The largest absolute Gasteiger partial charge is 0.392 e. The maximum atomic E-state index is 12.2. The Labute approximate surface area is 141 Å². The van der Waals surface area contributed by atoms with Crippen molar-refractivity contribution in [2.45, 2.75) is 13.0 Å². The van der Waals surface area contributed by atoms with Crippen LogP contribution in [0, 0.1) is 0 Å². The van der Waals surface area contributed by atoms with Gasteiger partial charge >= 0.3 is 0 Å². The van der Waals surface area contributed by atoms with E-state index >= 15 is 0 Å². The lowest BCUT2D eigenvalue weighted by Gasteiger charge is -2.07. The summed E-state index contributed by atoms with van der Waals surface area (Å²) in [4.78, 5) is 12.2. The van der Waals surface area contributed by atoms with Gasteiger partial charge in [0, 0.05) is 5.69 Å². The molecule has 2 N–H and O–H groups in total. The van der Waals surface area contributed by atoms with E-state index in [2.05, 4.69) is 17.4 Å². The Morgan fingerprint density at radius 1 is 0.792 bits per heavy atom. The molecule has 0 unspecified atom stereocenters. The Balaban J connectivity index is 1.64. The molecule has 3 rings (SSSR count). The van der Waals surface area contributed by atoms with Crippen molar-refractivity contribution in [3.8, 4) is 11.1 Å². The molecule has 0 saturated heterocycles. The second-order valence-electron chi connectivity index (χ2n) is 5.65. The van der Waals surface area contributed by atoms with Gasteiger partial charge in [-0.05, 0) is 34.4 Å². The summed E-state index contributed by atoms with van der Waals surface area (Å²) in [5.41, 5.74) is 4.74. The Hall–Kier alpha value is -2.91. The Morgan fingerprint density at radius 2 is 1.50 bits per heavy atom. The zero-order chi connectivity index (χ0) is 16.8. The molecule has 1 amide bonds. The topological polar surface area (TPSA) is 49.3 Å². The first-order valence-corrected chi connectivity index (χ1v) is 7.88. The molecule has 0 aromatic heterocycles. The Kier molecular flexibility index (Phi) is 5.04. The fourth-order valence-corrected chi connectivity index (χ4v) is 2.58. The van der Waals surface area contributed by atoms with E-state index in [1.165, 1.54) is 0 Å². The lowest BCUT2D eigenvalue weighted by molar-refractivity contribution is -0.115. The van der Waals surface area contributed by atoms with E-state index in [0.29, 0.717) is 12.1 Å². The van der Waals surface area contributed by atoms with E-state index in [4.69, 9.17) is 5.11 Å². The van der Waals surface area contributed by atoms with E-state index in [9.17, 15) is 4.79 Å². The van der Waals surface area contributed by atoms with Crippen LogP contribution in [0.5, 0.6) is 0 Å². The lowest BCUT2D eigenvalue weighted by Crippen LogP contribution is -2.14. The lowest BCUT2D eigenvalue weighted by atomic mass is 10.0. The quantitative estimate of drug-likeness (QED) is 0.746. The molecule has 0 spiro atoms. The van der Waals surface area contributed by atoms with Gasteiger partial charge in [-0.3, -0.25) is 4.79 Å². The van der Waals surface area contributed by atoms with Crippen LogP contribution in [-0.4, -0.2) is 11.0 Å². The zero-order valence-corrected chi connectivity index (χ0v) is 13.3. The molecule has 0 aliphatic carbocycles. The molecule has 0 heterocycles. The molecule has 0 bridgehead atoms. The molecule has 0 radical (unpaired) electrons. The van der Waals surface area contributed by atoms with Crippen LogP contribution in [0.3, 0.4) is 0 Å². The summed E-state index contributed by atoms with van der Waals surface area (Å²) in [6.07, 6.45) is 0.318. The van der Waals surface area contributed by atoms with Crippen molar-refractivity contribution in [1.29, 1.82) is 0 Å². The van der Waals surface area contributed by atoms with E-state index in [-0.39, 0.29) is 12.5 Å². The summed E-state index contributed by atoms with van der Waals surface area (Å²) in [5.74, 6) is -0.0717. The number of aliphatic hydroxyl groups excluding tert-OH is 1. The number of aliphatic hydroxyl groups is 1. The van der Waals surface area contributed by atoms with Gasteiger partial charge < -0.3 is 10.4 Å². The SMILES string of the molecule is O=C(Cc1ccc(-c2ccccc2)cc1)Nc1cccc(CO)c1. The van der Waals surface area contributed by atoms with Gasteiger partial charge in [-0.1, -0.05) is 66.7 Å². The highest BCUT2D eigenvalue weighted by Gasteiger charge is 2.05. The van der Waals surface area contributed by atoms with Gasteiger partial charge in [-0.25, -0.2) is 0 Å². The summed E-state index contributed by atoms with van der Waals surface area (Å²) in [5, 5.41) is 12.0. The molecule has 0 fully saturated rings. The number of hydrogen-bond acceptors (Lipinski definition) is 2. The molecule has 0 aliphatic heterocycles. The van der Waals surface area contributed by atoms with Crippen LogP contribution in [0.4, 0.5) is 5.69 Å². The van der Waals surface area contributed by atoms with Gasteiger partial charge in [-0.2, -0.15) is 0 Å². The van der Waals surface area contributed by atoms with Crippen molar-refractivity contribution < 1.29 is 9.90 Å². The highest BCUT2D eigenvalue weighted by atomic mass is 16.3. The summed E-state index contributed by atoms with van der Waals surface area (Å²) >= 11 is 0. The molecule has 0 aliphatic rings. The average Bonchev–Trinajstić information content (AvgIpc) is 2.63. The average molecular weight is 317 g/mol. The highest BCUT2D eigenvalue weighted by molar-refractivity contribution is 5.92. The molecule has 0 saturated carbocycles. The molecular weight excluding hydrogens is 298 g/mol. The maximum Gasteiger partial charge on any atom is 0.228 e. The van der Waals surface area contributed by atoms with Gasteiger partial charge in [-0.15, -0.1) is 0 Å². The molecule has 3 aromatic carbocycles. The van der Waals surface area contributed by atoms with Gasteiger partial charge in [0.25, 0.3) is 0 Å². The minimum atomic E-state index is -0.0717. The maximum absolute atomic E-state index is 12.2. The van der Waals surface area contributed by atoms with Crippen molar-refractivity contribution in [2.75, 3.05) is 5.32 Å². The zero-order valence-electron chi connectivity index (χ0n) is 13.3. The number of rotatable bonds is 5. The van der Waals surface area contributed by atoms with E-state index in [1.807, 2.05) is 60.7 Å². The first-order chi connectivity index (χ1) is 11.7. The normalized spacial score (nSPS) is 10.4. The minimum Gasteiger partial charge on any atom is -0.392 e. The van der Waals surface area contributed by atoms with Crippen molar-refractivity contribution in [1.82, 2.24) is 0 Å². The number of anilines is 1. The summed E-state index contributed by atoms with van der Waals surface area (Å²) in [6, 6.07) is 25.4. The molecule has 24 heavy (non-hydrogen) atoms. The Morgan fingerprint density at radius 3 is 2.21 bits per heavy atom. The molecule has 3 nitrogen and oxygen atoms in total. The monoisotopic (exact) mass is 317 g/mol. The van der Waals surface area contributed by atoms with Gasteiger partial charge in [0.2, 0.25) is 5.91 Å². The number of benzene rings is 3. The van der Waals surface area contributed by atoms with Crippen LogP contribution in [0.15, 0.2) is 78.9 Å². The van der Waals surface area contributed by atoms with Crippen LogP contribution in [-0.2, 0) is 17.8 Å². The second kappa shape index (κ2) is 7.57. The number of carbonyl (C=O) groups excluding carboxylic acids is 1. The fourth-order valence-electron chi connectivity index (χ4n) is 2.58. The third-order valence-corrected chi connectivity index (χ3v) is 3.82. The minimum absolute atomic E-state index is 0.0370. The van der Waals surface area contributed by atoms with Crippen LogP contribution in [0.25, 0.3) is 11.1 Å². The first kappa shape index (κ1) is 16.0. The van der Waals surface area contributed by atoms with Crippen molar-refractivity contribution in [2.24, 2.45) is 0 Å². The second-order valence-corrected chi connectivity index (χ2v) is 5.65. The third kappa shape index (κ3) is 4.09. The van der Waals surface area contributed by atoms with Crippen molar-refractivity contribution in [3.05, 3.63) is 90.0 Å². The third-order valence-electron chi connectivity index (χ3n) is 3.82. The van der Waals surface area contributed by atoms with E-state index in [0.717, 1.165) is 22.3 Å². The summed E-state index contributed by atoms with van der Waals surface area (Å²) in [6.45, 7) is -0.0370. The predicted molar refractivity (Wildman–Crippen MR) is 96.6 cm³/mol. The first-order valence-electron chi connectivity index (χ1n) is 7.88. The number of hydrogen-bond donors (Lipinski definition) is 2. The van der Waals surface area contributed by atoms with Crippen molar-refractivity contribution in [3.63, 3.8) is 0 Å². The molecular formula is C21H19NO2. The molecule has 0 atom stereocenters. The van der Waals surface area contributed by atoms with Crippen molar-refractivity contribution >= 4 is 11.6 Å². The van der Waals surface area contributed by atoms with E-state index in [1.54, 1.807) is 6.07 Å². The van der Waals surface area contributed by atoms with Crippen LogP contribution in [0.1, 0.15) is 11.1 Å². The summed E-state index contributed by atoms with van der Waals surface area (Å²) < 4.78 is 0. The van der Waals surface area contributed by atoms with E-state index < -0.39 is 0 Å². The predicted octanol–water partition coefficient (Wildman–Crippen LogP) is 4.03. The van der Waals surface area contributed by atoms with Crippen LogP contribution in [0.2, 0.25) is 0 Å². The van der Waals surface area contributed by atoms with Gasteiger partial charge in [0.05, 0.1) is 13.0 Å². The molecule has 3 aromatic rings. The summed E-state index contributed by atoms with van der Waals surface area (Å²) in [7, 11) is 0. The number of amides is 1. The smallest absolute Gasteiger partial charge is 0.228 e. The van der Waals surface area contributed by atoms with Crippen LogP contribution < -0.4 is 5.32 Å². The molecule has 3 heteroatoms. The number of nitrogens with one attached hydrogen (secondary N) is 1. The van der Waals surface area contributed by atoms with Gasteiger partial charge in [0.15, 0.2) is 0 Å². The van der Waals surface area contributed by atoms with Gasteiger partial charge in [0.1, 0.15) is 0 Å².